The van der Waals surface area contributed by atoms with E-state index in [1.54, 1.807) is 6.07 Å². The Morgan fingerprint density at radius 1 is 1.26 bits per heavy atom. The van der Waals surface area contributed by atoms with Crippen molar-refractivity contribution in [2.45, 2.75) is 44.6 Å². The number of rotatable bonds is 3. The smallest absolute Gasteiger partial charge is 0.123 e. The van der Waals surface area contributed by atoms with Gasteiger partial charge in [0.2, 0.25) is 0 Å². The lowest BCUT2D eigenvalue weighted by molar-refractivity contribution is 0.157. The zero-order chi connectivity index (χ0) is 13.7. The van der Waals surface area contributed by atoms with Gasteiger partial charge >= 0.3 is 0 Å². The molecule has 1 aromatic carbocycles. The van der Waals surface area contributed by atoms with Crippen molar-refractivity contribution in [2.24, 2.45) is 0 Å². The predicted molar refractivity (Wildman–Crippen MR) is 74.2 cm³/mol. The Bertz CT molecular complexity index is 458. The van der Waals surface area contributed by atoms with Crippen LogP contribution in [0.2, 0.25) is 0 Å². The molecule has 0 N–H and O–H groups in total. The SMILES string of the molecule is CC(C#N)(Cc1cccc(F)c1)N1CCCCCC1. The average Bonchev–Trinajstić information content (AvgIpc) is 2.68. The van der Waals surface area contributed by atoms with E-state index in [9.17, 15) is 9.65 Å². The van der Waals surface area contributed by atoms with Crippen LogP contribution >= 0.6 is 0 Å². The van der Waals surface area contributed by atoms with Crippen molar-refractivity contribution in [3.05, 3.63) is 35.6 Å². The summed E-state index contributed by atoms with van der Waals surface area (Å²) in [5, 5.41) is 9.57. The van der Waals surface area contributed by atoms with Crippen molar-refractivity contribution in [1.29, 1.82) is 5.26 Å². The fourth-order valence-corrected chi connectivity index (χ4v) is 2.83. The van der Waals surface area contributed by atoms with E-state index in [2.05, 4.69) is 11.0 Å². The van der Waals surface area contributed by atoms with Crippen LogP contribution in [0.3, 0.4) is 0 Å². The van der Waals surface area contributed by atoms with Crippen molar-refractivity contribution < 1.29 is 4.39 Å². The third kappa shape index (κ3) is 3.54. The molecule has 0 spiro atoms. The van der Waals surface area contributed by atoms with Gasteiger partial charge in [0.25, 0.3) is 0 Å². The lowest BCUT2D eigenvalue weighted by atomic mass is 9.92. The summed E-state index contributed by atoms with van der Waals surface area (Å²) in [6.45, 7) is 3.92. The van der Waals surface area contributed by atoms with Crippen molar-refractivity contribution in [2.75, 3.05) is 13.1 Å². The molecule has 0 aromatic heterocycles. The third-order valence-corrected chi connectivity index (χ3v) is 3.98. The van der Waals surface area contributed by atoms with Crippen molar-refractivity contribution in [1.82, 2.24) is 4.90 Å². The Morgan fingerprint density at radius 3 is 2.53 bits per heavy atom. The Hall–Kier alpha value is -1.40. The van der Waals surface area contributed by atoms with Gasteiger partial charge < -0.3 is 0 Å². The molecule has 1 aliphatic rings. The number of hydrogen-bond donors (Lipinski definition) is 0. The quantitative estimate of drug-likeness (QED) is 0.831. The zero-order valence-corrected chi connectivity index (χ0v) is 11.5. The van der Waals surface area contributed by atoms with E-state index in [-0.39, 0.29) is 5.82 Å². The molecule has 1 saturated heterocycles. The molecular formula is C16H21FN2. The summed E-state index contributed by atoms with van der Waals surface area (Å²) in [5.74, 6) is -0.228. The second kappa shape index (κ2) is 6.16. The number of hydrogen-bond acceptors (Lipinski definition) is 2. The molecule has 0 amide bonds. The minimum Gasteiger partial charge on any atom is -0.285 e. The highest BCUT2D eigenvalue weighted by atomic mass is 19.1. The van der Waals surface area contributed by atoms with Gasteiger partial charge in [0.1, 0.15) is 11.4 Å². The molecule has 1 fully saturated rings. The molecule has 0 saturated carbocycles. The highest BCUT2D eigenvalue weighted by Gasteiger charge is 2.32. The van der Waals surface area contributed by atoms with E-state index in [1.807, 2.05) is 13.0 Å². The first kappa shape index (κ1) is 14.0. The number of nitriles is 1. The maximum absolute atomic E-state index is 13.3. The van der Waals surface area contributed by atoms with Crippen LogP contribution < -0.4 is 0 Å². The summed E-state index contributed by atoms with van der Waals surface area (Å²) < 4.78 is 13.3. The van der Waals surface area contributed by atoms with Gasteiger partial charge in [-0.3, -0.25) is 4.90 Å². The summed E-state index contributed by atoms with van der Waals surface area (Å²) in [6, 6.07) is 9.04. The Kier molecular flexibility index (Phi) is 4.55. The van der Waals surface area contributed by atoms with E-state index in [4.69, 9.17) is 0 Å². The number of benzene rings is 1. The van der Waals surface area contributed by atoms with Crippen LogP contribution in [-0.2, 0) is 6.42 Å². The lowest BCUT2D eigenvalue weighted by Crippen LogP contribution is -2.47. The van der Waals surface area contributed by atoms with Crippen molar-refractivity contribution in [3.63, 3.8) is 0 Å². The van der Waals surface area contributed by atoms with E-state index in [1.165, 1.54) is 25.0 Å². The lowest BCUT2D eigenvalue weighted by Gasteiger charge is -2.35. The monoisotopic (exact) mass is 260 g/mol. The summed E-state index contributed by atoms with van der Waals surface area (Å²) in [4.78, 5) is 2.27. The van der Waals surface area contributed by atoms with Gasteiger partial charge in [-0.2, -0.15) is 5.26 Å². The molecule has 0 radical (unpaired) electrons. The zero-order valence-electron chi connectivity index (χ0n) is 11.5. The van der Waals surface area contributed by atoms with Gasteiger partial charge in [0.05, 0.1) is 6.07 Å². The second-order valence-corrected chi connectivity index (χ2v) is 5.59. The van der Waals surface area contributed by atoms with Crippen molar-refractivity contribution >= 4 is 0 Å². The average molecular weight is 260 g/mol. The van der Waals surface area contributed by atoms with E-state index >= 15 is 0 Å². The molecule has 1 aliphatic heterocycles. The standard InChI is InChI=1S/C16H21FN2/c1-16(13-18,19-9-4-2-3-5-10-19)12-14-7-6-8-15(17)11-14/h6-8,11H,2-5,9-10,12H2,1H3. The summed E-state index contributed by atoms with van der Waals surface area (Å²) in [7, 11) is 0. The molecule has 0 aliphatic carbocycles. The highest BCUT2D eigenvalue weighted by Crippen LogP contribution is 2.24. The molecule has 1 atom stereocenters. The molecule has 102 valence electrons. The Labute approximate surface area is 114 Å². The van der Waals surface area contributed by atoms with Crippen LogP contribution in [-0.4, -0.2) is 23.5 Å². The first-order valence-electron chi connectivity index (χ1n) is 7.05. The molecule has 1 unspecified atom stereocenters. The van der Waals surface area contributed by atoms with Crippen LogP contribution in [0.5, 0.6) is 0 Å². The molecule has 2 nitrogen and oxygen atoms in total. The largest absolute Gasteiger partial charge is 0.285 e. The van der Waals surface area contributed by atoms with Crippen LogP contribution in [0.15, 0.2) is 24.3 Å². The van der Waals surface area contributed by atoms with Crippen LogP contribution in [0.4, 0.5) is 4.39 Å². The number of nitrogens with zero attached hydrogens (tertiary/aromatic N) is 2. The van der Waals surface area contributed by atoms with Crippen LogP contribution in [0, 0.1) is 17.1 Å². The van der Waals surface area contributed by atoms with Crippen molar-refractivity contribution in [3.8, 4) is 6.07 Å². The van der Waals surface area contributed by atoms with Gasteiger partial charge in [-0.15, -0.1) is 0 Å². The maximum Gasteiger partial charge on any atom is 0.123 e. The van der Waals surface area contributed by atoms with Gasteiger partial charge in [-0.1, -0.05) is 25.0 Å². The van der Waals surface area contributed by atoms with E-state index in [0.29, 0.717) is 6.42 Å². The molecule has 1 heterocycles. The van der Waals surface area contributed by atoms with Gasteiger partial charge in [-0.25, -0.2) is 4.39 Å². The molecular weight excluding hydrogens is 239 g/mol. The maximum atomic E-state index is 13.3. The molecule has 2 rings (SSSR count). The molecule has 0 bridgehead atoms. The normalized spacial score (nSPS) is 20.3. The Morgan fingerprint density at radius 2 is 1.95 bits per heavy atom. The summed E-state index contributed by atoms with van der Waals surface area (Å²) >= 11 is 0. The number of likely N-dealkylation sites (tertiary alicyclic amines) is 1. The van der Waals surface area contributed by atoms with Gasteiger partial charge in [0.15, 0.2) is 0 Å². The van der Waals surface area contributed by atoms with Gasteiger partial charge in [0, 0.05) is 6.42 Å². The fourth-order valence-electron chi connectivity index (χ4n) is 2.83. The summed E-state index contributed by atoms with van der Waals surface area (Å²) in [5.41, 5.74) is 0.367. The Balaban J connectivity index is 2.15. The molecule has 3 heteroatoms. The first-order chi connectivity index (χ1) is 9.14. The topological polar surface area (TPSA) is 27.0 Å². The van der Waals surface area contributed by atoms with E-state index in [0.717, 1.165) is 31.5 Å². The molecule has 19 heavy (non-hydrogen) atoms. The second-order valence-electron chi connectivity index (χ2n) is 5.59. The number of halogens is 1. The third-order valence-electron chi connectivity index (χ3n) is 3.98. The minimum absolute atomic E-state index is 0.228. The molecule has 1 aromatic rings. The summed E-state index contributed by atoms with van der Waals surface area (Å²) in [6.07, 6.45) is 5.39. The predicted octanol–water partition coefficient (Wildman–Crippen LogP) is 3.53. The van der Waals surface area contributed by atoms with Crippen LogP contribution in [0.25, 0.3) is 0 Å². The van der Waals surface area contributed by atoms with Gasteiger partial charge in [-0.05, 0) is 50.6 Å². The highest BCUT2D eigenvalue weighted by molar-refractivity contribution is 5.22. The minimum atomic E-state index is -0.530. The van der Waals surface area contributed by atoms with E-state index < -0.39 is 5.54 Å². The van der Waals surface area contributed by atoms with Crippen LogP contribution in [0.1, 0.15) is 38.2 Å². The first-order valence-corrected chi connectivity index (χ1v) is 7.05. The fraction of sp³-hybridized carbons (Fsp3) is 0.562.